The summed E-state index contributed by atoms with van der Waals surface area (Å²) in [4.78, 5) is 25.1. The number of hydrogen-bond acceptors (Lipinski definition) is 10. The summed E-state index contributed by atoms with van der Waals surface area (Å²) in [5, 5.41) is 29.7. The van der Waals surface area contributed by atoms with Gasteiger partial charge in [-0.25, -0.2) is 0 Å². The zero-order chi connectivity index (χ0) is 32.4. The standard InChI is InChI=1S/C32H38N2O8.C2H6O/c1-2-39-32(36)19-29-30(34(37)38)9-6-10-31(29)42-23-26(35)20-33-17-15-25(16-18-33)22-41-28-13-11-27(12-14-28)40-21-24-7-4-3-5-8-24;1-2-3/h3-14,25-26,35H,2,15-23H2,1H3;3H,2H2,1H3. The average Bonchev–Trinajstić information content (AvgIpc) is 3.04. The molecule has 0 radical (unpaired) electrons. The number of carbonyl (C=O) groups excluding carboxylic acids is 1. The van der Waals surface area contributed by atoms with Crippen LogP contribution in [0.25, 0.3) is 0 Å². The largest absolute Gasteiger partial charge is 0.493 e. The van der Waals surface area contributed by atoms with Gasteiger partial charge in [-0.3, -0.25) is 14.9 Å². The number of likely N-dealkylation sites (tertiary alicyclic amines) is 1. The first kappa shape index (κ1) is 35.3. The summed E-state index contributed by atoms with van der Waals surface area (Å²) in [6.45, 7) is 6.93. The lowest BCUT2D eigenvalue weighted by atomic mass is 9.97. The van der Waals surface area contributed by atoms with Crippen LogP contribution >= 0.6 is 0 Å². The number of β-amino-alcohol motifs (C(OH)–C–C–N with tert-alkyl or cyclic N) is 1. The van der Waals surface area contributed by atoms with Crippen LogP contribution in [0.1, 0.15) is 37.8 Å². The molecule has 1 aliphatic heterocycles. The Kier molecular flexibility index (Phi) is 15.1. The maximum atomic E-state index is 12.0. The van der Waals surface area contributed by atoms with Crippen LogP contribution in [-0.2, 0) is 22.6 Å². The van der Waals surface area contributed by atoms with Crippen LogP contribution in [0.15, 0.2) is 72.8 Å². The van der Waals surface area contributed by atoms with E-state index < -0.39 is 17.0 Å². The monoisotopic (exact) mass is 624 g/mol. The van der Waals surface area contributed by atoms with Gasteiger partial charge >= 0.3 is 5.97 Å². The second kappa shape index (κ2) is 19.3. The van der Waals surface area contributed by atoms with Crippen molar-refractivity contribution in [2.75, 3.05) is 46.1 Å². The number of benzene rings is 3. The molecule has 0 amide bonds. The minimum absolute atomic E-state index is 0.0505. The molecule has 1 saturated heterocycles. The normalized spacial score (nSPS) is 14.0. The van der Waals surface area contributed by atoms with Crippen molar-refractivity contribution >= 4 is 11.7 Å². The van der Waals surface area contributed by atoms with Crippen LogP contribution in [0.4, 0.5) is 5.69 Å². The van der Waals surface area contributed by atoms with Gasteiger partial charge in [0.25, 0.3) is 5.69 Å². The van der Waals surface area contributed by atoms with Gasteiger partial charge in [0.1, 0.15) is 36.6 Å². The Labute approximate surface area is 264 Å². The first-order chi connectivity index (χ1) is 21.8. The highest BCUT2D eigenvalue weighted by Crippen LogP contribution is 2.29. The van der Waals surface area contributed by atoms with E-state index in [1.807, 2.05) is 54.6 Å². The summed E-state index contributed by atoms with van der Waals surface area (Å²) in [7, 11) is 0. The fraction of sp³-hybridized carbons (Fsp3) is 0.441. The Morgan fingerprint density at radius 3 is 2.22 bits per heavy atom. The SMILES string of the molecule is CCO.CCOC(=O)Cc1c(OCC(O)CN2CCC(COc3ccc(OCc4ccccc4)cc3)CC2)cccc1[N+](=O)[O-]. The number of piperidine rings is 1. The first-order valence-electron chi connectivity index (χ1n) is 15.3. The molecule has 0 aromatic heterocycles. The van der Waals surface area contributed by atoms with Crippen LogP contribution in [-0.4, -0.2) is 78.2 Å². The van der Waals surface area contributed by atoms with E-state index in [9.17, 15) is 20.0 Å². The van der Waals surface area contributed by atoms with Crippen molar-refractivity contribution in [1.82, 2.24) is 4.90 Å². The van der Waals surface area contributed by atoms with Crippen LogP contribution in [0.2, 0.25) is 0 Å². The third-order valence-electron chi connectivity index (χ3n) is 7.10. The van der Waals surface area contributed by atoms with Gasteiger partial charge in [0.2, 0.25) is 0 Å². The predicted octanol–water partition coefficient (Wildman–Crippen LogP) is 4.81. The summed E-state index contributed by atoms with van der Waals surface area (Å²) in [6, 6.07) is 22.1. The molecule has 2 N–H and O–H groups in total. The highest BCUT2D eigenvalue weighted by molar-refractivity contribution is 5.75. The Morgan fingerprint density at radius 1 is 0.956 bits per heavy atom. The molecule has 244 valence electrons. The van der Waals surface area contributed by atoms with Crippen molar-refractivity contribution in [1.29, 1.82) is 0 Å². The Bertz CT molecular complexity index is 1300. The molecule has 0 spiro atoms. The van der Waals surface area contributed by atoms with Crippen molar-refractivity contribution in [3.05, 3.63) is 94.0 Å². The molecule has 1 aliphatic rings. The Morgan fingerprint density at radius 2 is 1.60 bits per heavy atom. The van der Waals surface area contributed by atoms with Crippen LogP contribution < -0.4 is 14.2 Å². The van der Waals surface area contributed by atoms with E-state index in [0.717, 1.165) is 43.0 Å². The number of carbonyl (C=O) groups is 1. The maximum Gasteiger partial charge on any atom is 0.310 e. The Balaban J connectivity index is 0.00000177. The number of nitrogens with zero attached hydrogens (tertiary/aromatic N) is 2. The molecule has 3 aromatic rings. The van der Waals surface area contributed by atoms with Gasteiger partial charge in [0.05, 0.1) is 30.1 Å². The zero-order valence-electron chi connectivity index (χ0n) is 26.0. The molecule has 45 heavy (non-hydrogen) atoms. The third kappa shape index (κ3) is 12.4. The van der Waals surface area contributed by atoms with Crippen molar-refractivity contribution in [2.24, 2.45) is 5.92 Å². The molecule has 0 aliphatic carbocycles. The number of nitro benzene ring substituents is 1. The molecular formula is C34H44N2O9. The average molecular weight is 625 g/mol. The number of aliphatic hydroxyl groups excluding tert-OH is 2. The van der Waals surface area contributed by atoms with Crippen LogP contribution in [0.5, 0.6) is 17.2 Å². The van der Waals surface area contributed by atoms with Crippen molar-refractivity contribution < 1.29 is 38.9 Å². The van der Waals surface area contributed by atoms with Gasteiger partial charge in [-0.1, -0.05) is 36.4 Å². The minimum Gasteiger partial charge on any atom is -0.493 e. The summed E-state index contributed by atoms with van der Waals surface area (Å²) < 4.78 is 22.6. The molecule has 4 rings (SSSR count). The fourth-order valence-electron chi connectivity index (χ4n) is 4.85. The molecule has 1 fully saturated rings. The van der Waals surface area contributed by atoms with Gasteiger partial charge in [-0.05, 0) is 81.6 Å². The Hall–Kier alpha value is -4.19. The topological polar surface area (TPSA) is 141 Å². The zero-order valence-corrected chi connectivity index (χ0v) is 26.0. The second-order valence-corrected chi connectivity index (χ2v) is 10.6. The molecule has 11 heteroatoms. The number of esters is 1. The summed E-state index contributed by atoms with van der Waals surface area (Å²) >= 11 is 0. The highest BCUT2D eigenvalue weighted by atomic mass is 16.6. The van der Waals surface area contributed by atoms with E-state index in [2.05, 4.69) is 4.90 Å². The van der Waals surface area contributed by atoms with E-state index >= 15 is 0 Å². The van der Waals surface area contributed by atoms with Gasteiger partial charge in [0.15, 0.2) is 0 Å². The number of aliphatic hydroxyl groups is 2. The smallest absolute Gasteiger partial charge is 0.310 e. The lowest BCUT2D eigenvalue weighted by Crippen LogP contribution is -2.41. The summed E-state index contributed by atoms with van der Waals surface area (Å²) in [6.07, 6.45) is 0.814. The number of nitro groups is 1. The third-order valence-corrected chi connectivity index (χ3v) is 7.10. The molecule has 3 aromatic carbocycles. The molecule has 1 atom stereocenters. The lowest BCUT2D eigenvalue weighted by molar-refractivity contribution is -0.385. The molecular weight excluding hydrogens is 580 g/mol. The van der Waals surface area contributed by atoms with Gasteiger partial charge in [-0.15, -0.1) is 0 Å². The van der Waals surface area contributed by atoms with Crippen molar-refractivity contribution in [3.63, 3.8) is 0 Å². The number of rotatable bonds is 15. The van der Waals surface area contributed by atoms with Gasteiger partial charge in [-0.2, -0.15) is 0 Å². The molecule has 1 heterocycles. The maximum absolute atomic E-state index is 12.0. The van der Waals surface area contributed by atoms with Crippen LogP contribution in [0, 0.1) is 16.0 Å². The van der Waals surface area contributed by atoms with E-state index in [-0.39, 0.29) is 43.2 Å². The molecule has 1 unspecified atom stereocenters. The molecule has 0 saturated carbocycles. The highest BCUT2D eigenvalue weighted by Gasteiger charge is 2.24. The molecule has 11 nitrogen and oxygen atoms in total. The van der Waals surface area contributed by atoms with Gasteiger partial charge < -0.3 is 34.1 Å². The number of hydrogen-bond donors (Lipinski definition) is 2. The van der Waals surface area contributed by atoms with Crippen molar-refractivity contribution in [3.8, 4) is 17.2 Å². The lowest BCUT2D eigenvalue weighted by Gasteiger charge is -2.33. The van der Waals surface area contributed by atoms with E-state index in [1.165, 1.54) is 12.1 Å². The van der Waals surface area contributed by atoms with Crippen LogP contribution in [0.3, 0.4) is 0 Å². The summed E-state index contributed by atoms with van der Waals surface area (Å²) in [5.74, 6) is 1.64. The first-order valence-corrected chi connectivity index (χ1v) is 15.3. The minimum atomic E-state index is -0.796. The quantitative estimate of drug-likeness (QED) is 0.138. The molecule has 0 bridgehead atoms. The number of ether oxygens (including phenoxy) is 4. The fourth-order valence-corrected chi connectivity index (χ4v) is 4.85. The van der Waals surface area contributed by atoms with Crippen molar-refractivity contribution in [2.45, 2.75) is 45.8 Å². The summed E-state index contributed by atoms with van der Waals surface area (Å²) in [5.41, 5.74) is 1.04. The van der Waals surface area contributed by atoms with E-state index in [0.29, 0.717) is 25.7 Å². The van der Waals surface area contributed by atoms with E-state index in [4.69, 9.17) is 24.1 Å². The van der Waals surface area contributed by atoms with E-state index in [1.54, 1.807) is 19.9 Å². The van der Waals surface area contributed by atoms with Gasteiger partial charge in [0, 0.05) is 19.2 Å². The second-order valence-electron chi connectivity index (χ2n) is 10.6. The predicted molar refractivity (Wildman–Crippen MR) is 170 cm³/mol.